The molecule has 1 fully saturated rings. The van der Waals surface area contributed by atoms with Crippen molar-refractivity contribution in [1.29, 1.82) is 0 Å². The third-order valence-corrected chi connectivity index (χ3v) is 5.99. The smallest absolute Gasteiger partial charge is 0.317 e. The van der Waals surface area contributed by atoms with Gasteiger partial charge in [-0.25, -0.2) is 19.3 Å². The normalized spacial score (nSPS) is 16.6. The van der Waals surface area contributed by atoms with Crippen LogP contribution in [0, 0.1) is 0 Å². The summed E-state index contributed by atoms with van der Waals surface area (Å²) in [6.07, 6.45) is 4.95. The van der Waals surface area contributed by atoms with E-state index in [1.54, 1.807) is 10.7 Å². The summed E-state index contributed by atoms with van der Waals surface area (Å²) >= 11 is 0. The van der Waals surface area contributed by atoms with Crippen molar-refractivity contribution in [2.75, 3.05) is 18.4 Å². The maximum atomic E-state index is 12.4. The van der Waals surface area contributed by atoms with Crippen LogP contribution in [0.2, 0.25) is 0 Å². The quantitative estimate of drug-likeness (QED) is 0.567. The summed E-state index contributed by atoms with van der Waals surface area (Å²) in [5.74, 6) is 0.633. The van der Waals surface area contributed by atoms with Gasteiger partial charge in [0.25, 0.3) is 5.91 Å². The summed E-state index contributed by atoms with van der Waals surface area (Å²) in [5, 5.41) is 13.8. The Morgan fingerprint density at radius 3 is 2.73 bits per heavy atom. The number of carbonyl (C=O) groups excluding carboxylic acids is 2. The van der Waals surface area contributed by atoms with Gasteiger partial charge in [-0.05, 0) is 51.3 Å². The topological polar surface area (TPSA) is 117 Å². The molecule has 5 rings (SSSR count). The third-order valence-electron chi connectivity index (χ3n) is 5.99. The predicted molar refractivity (Wildman–Crippen MR) is 124 cm³/mol. The highest BCUT2D eigenvalue weighted by atomic mass is 16.2. The van der Waals surface area contributed by atoms with Crippen molar-refractivity contribution in [3.05, 3.63) is 41.9 Å². The predicted octanol–water partition coefficient (Wildman–Crippen LogP) is 2.42. The Morgan fingerprint density at radius 1 is 1.18 bits per heavy atom. The van der Waals surface area contributed by atoms with Gasteiger partial charge in [0.05, 0.1) is 11.9 Å². The van der Waals surface area contributed by atoms with E-state index in [9.17, 15) is 9.59 Å². The Labute approximate surface area is 191 Å². The van der Waals surface area contributed by atoms with E-state index in [4.69, 9.17) is 0 Å². The van der Waals surface area contributed by atoms with Crippen LogP contribution in [0.5, 0.6) is 0 Å². The first-order valence-electron chi connectivity index (χ1n) is 11.2. The van der Waals surface area contributed by atoms with E-state index >= 15 is 0 Å². The Balaban J connectivity index is 1.31. The first-order valence-corrected chi connectivity index (χ1v) is 11.2. The van der Waals surface area contributed by atoms with E-state index in [1.807, 2.05) is 43.9 Å². The van der Waals surface area contributed by atoms with Gasteiger partial charge >= 0.3 is 6.03 Å². The van der Waals surface area contributed by atoms with Gasteiger partial charge in [0.15, 0.2) is 11.5 Å². The van der Waals surface area contributed by atoms with Crippen LogP contribution in [-0.4, -0.2) is 61.1 Å². The highest BCUT2D eigenvalue weighted by Gasteiger charge is 2.26. The first kappa shape index (κ1) is 21.2. The van der Waals surface area contributed by atoms with Gasteiger partial charge < -0.3 is 20.9 Å². The molecule has 2 aromatic heterocycles. The summed E-state index contributed by atoms with van der Waals surface area (Å²) in [5.41, 5.74) is 3.82. The molecule has 0 atom stereocenters. The Bertz CT molecular complexity index is 1220. The molecule has 3 N–H and O–H groups in total. The average Bonchev–Trinajstić information content (AvgIpc) is 3.41. The molecule has 2 aliphatic heterocycles. The van der Waals surface area contributed by atoms with Crippen molar-refractivity contribution in [3.8, 4) is 11.3 Å². The van der Waals surface area contributed by atoms with Gasteiger partial charge in [0, 0.05) is 42.3 Å². The van der Waals surface area contributed by atoms with Crippen molar-refractivity contribution in [3.63, 3.8) is 0 Å². The number of likely N-dealkylation sites (tertiary alicyclic amines) is 1. The van der Waals surface area contributed by atoms with Crippen LogP contribution in [0.15, 0.2) is 30.7 Å². The summed E-state index contributed by atoms with van der Waals surface area (Å²) in [4.78, 5) is 35.2. The molecule has 172 valence electrons. The number of anilines is 1. The number of fused-ring (bicyclic) bond motifs is 2. The Morgan fingerprint density at radius 2 is 1.97 bits per heavy atom. The van der Waals surface area contributed by atoms with E-state index in [1.165, 1.54) is 6.33 Å². The number of urea groups is 1. The second kappa shape index (κ2) is 8.02. The van der Waals surface area contributed by atoms with Crippen LogP contribution in [0.25, 0.3) is 16.9 Å². The molecule has 0 aliphatic carbocycles. The number of hydrogen-bond acceptors (Lipinski definition) is 6. The second-order valence-electron chi connectivity index (χ2n) is 9.63. The summed E-state index contributed by atoms with van der Waals surface area (Å²) in [6, 6.07) is 5.92. The van der Waals surface area contributed by atoms with Gasteiger partial charge in [0.1, 0.15) is 6.33 Å². The second-order valence-corrected chi connectivity index (χ2v) is 9.63. The molecule has 0 unspecified atom stereocenters. The van der Waals surface area contributed by atoms with Crippen LogP contribution in [0.4, 0.5) is 10.6 Å². The monoisotopic (exact) mass is 448 g/mol. The van der Waals surface area contributed by atoms with Crippen LogP contribution in [0.1, 0.15) is 49.5 Å². The molecule has 0 spiro atoms. The molecule has 0 bridgehead atoms. The van der Waals surface area contributed by atoms with Gasteiger partial charge in [-0.3, -0.25) is 4.79 Å². The highest BCUT2D eigenvalue weighted by molar-refractivity contribution is 5.98. The number of nitrogens with zero attached hydrogens (tertiary/aromatic N) is 5. The molecule has 1 saturated heterocycles. The molecule has 0 saturated carbocycles. The standard InChI is InChI=1S/C23H28N8O2/c1-23(2,3)29-22(33)30-8-6-16(7-9-30)28-19-20-26-13-27-31(20)18(12-24-19)14-4-5-17-15(10-14)11-25-21(17)32/h4-5,10,12-13,16H,6-9,11H2,1-3H3,(H,24,28)(H,25,32)(H,29,33). The SMILES string of the molecule is CC(C)(C)NC(=O)N1CCC(Nc2ncc(-c3ccc4c(c3)CNC4=O)n3ncnc23)CC1. The number of amides is 3. The van der Waals surface area contributed by atoms with Crippen molar-refractivity contribution >= 4 is 23.4 Å². The fraction of sp³-hybridized carbons (Fsp3) is 0.435. The van der Waals surface area contributed by atoms with Gasteiger partial charge in [-0.15, -0.1) is 0 Å². The Hall–Kier alpha value is -3.69. The van der Waals surface area contributed by atoms with E-state index in [2.05, 4.69) is 31.0 Å². The van der Waals surface area contributed by atoms with E-state index in [0.717, 1.165) is 29.7 Å². The molecule has 3 aromatic rings. The zero-order valence-corrected chi connectivity index (χ0v) is 19.1. The molecule has 3 amide bonds. The average molecular weight is 449 g/mol. The third kappa shape index (κ3) is 4.20. The summed E-state index contributed by atoms with van der Waals surface area (Å²) in [7, 11) is 0. The largest absolute Gasteiger partial charge is 0.364 e. The van der Waals surface area contributed by atoms with Crippen molar-refractivity contribution in [2.24, 2.45) is 0 Å². The number of hydrogen-bond donors (Lipinski definition) is 3. The van der Waals surface area contributed by atoms with Crippen molar-refractivity contribution in [2.45, 2.75) is 51.7 Å². The number of benzene rings is 1. The fourth-order valence-corrected chi connectivity index (χ4v) is 4.33. The lowest BCUT2D eigenvalue weighted by Gasteiger charge is -2.34. The molecular weight excluding hydrogens is 420 g/mol. The minimum atomic E-state index is -0.248. The molecule has 0 radical (unpaired) electrons. The molecule has 10 nitrogen and oxygen atoms in total. The maximum absolute atomic E-state index is 12.4. The first-order chi connectivity index (χ1) is 15.8. The van der Waals surface area contributed by atoms with Crippen molar-refractivity contribution in [1.82, 2.24) is 35.1 Å². The van der Waals surface area contributed by atoms with E-state index in [-0.39, 0.29) is 23.5 Å². The molecule has 10 heteroatoms. The zero-order chi connectivity index (χ0) is 23.2. The number of rotatable bonds is 3. The minimum Gasteiger partial charge on any atom is -0.364 e. The van der Waals surface area contributed by atoms with Gasteiger partial charge in [-0.1, -0.05) is 6.07 Å². The lowest BCUT2D eigenvalue weighted by Crippen LogP contribution is -2.51. The molecule has 33 heavy (non-hydrogen) atoms. The van der Waals surface area contributed by atoms with E-state index < -0.39 is 0 Å². The number of piperidine rings is 1. The number of carbonyl (C=O) groups is 2. The maximum Gasteiger partial charge on any atom is 0.317 e. The lowest BCUT2D eigenvalue weighted by atomic mass is 10.0. The van der Waals surface area contributed by atoms with E-state index in [0.29, 0.717) is 36.7 Å². The molecule has 2 aliphatic rings. The Kier molecular flexibility index (Phi) is 5.15. The number of aromatic nitrogens is 4. The highest BCUT2D eigenvalue weighted by Crippen LogP contribution is 2.27. The van der Waals surface area contributed by atoms with Crippen LogP contribution < -0.4 is 16.0 Å². The molecule has 4 heterocycles. The minimum absolute atomic E-state index is 0.0190. The summed E-state index contributed by atoms with van der Waals surface area (Å²) in [6.45, 7) is 7.85. The lowest BCUT2D eigenvalue weighted by molar-refractivity contribution is 0.0965. The molecular formula is C23H28N8O2. The van der Waals surface area contributed by atoms with Gasteiger partial charge in [0.2, 0.25) is 0 Å². The summed E-state index contributed by atoms with van der Waals surface area (Å²) < 4.78 is 1.77. The van der Waals surface area contributed by atoms with Crippen LogP contribution >= 0.6 is 0 Å². The fourth-order valence-electron chi connectivity index (χ4n) is 4.33. The molecule has 1 aromatic carbocycles. The van der Waals surface area contributed by atoms with Gasteiger partial charge in [-0.2, -0.15) is 5.10 Å². The van der Waals surface area contributed by atoms with Crippen LogP contribution in [0.3, 0.4) is 0 Å². The van der Waals surface area contributed by atoms with Crippen molar-refractivity contribution < 1.29 is 9.59 Å². The zero-order valence-electron chi connectivity index (χ0n) is 19.1. The van der Waals surface area contributed by atoms with Crippen LogP contribution in [-0.2, 0) is 6.54 Å². The number of nitrogens with one attached hydrogen (secondary N) is 3.